The lowest BCUT2D eigenvalue weighted by molar-refractivity contribution is -0.142. The zero-order valence-electron chi connectivity index (χ0n) is 17.7. The third-order valence-electron chi connectivity index (χ3n) is 4.70. The molecule has 10 nitrogen and oxygen atoms in total. The van der Waals surface area contributed by atoms with Gasteiger partial charge in [-0.1, -0.05) is 26.2 Å². The first-order chi connectivity index (χ1) is 14.2. The summed E-state index contributed by atoms with van der Waals surface area (Å²) in [6.45, 7) is 1.79. The van der Waals surface area contributed by atoms with E-state index in [0.717, 1.165) is 25.7 Å². The summed E-state index contributed by atoms with van der Waals surface area (Å²) < 4.78 is 0. The maximum Gasteiger partial charge on any atom is 0.326 e. The zero-order chi connectivity index (χ0) is 22.9. The van der Waals surface area contributed by atoms with E-state index in [1.54, 1.807) is 0 Å². The Hall–Kier alpha value is -2.49. The molecule has 172 valence electrons. The number of aliphatic carboxylic acids is 2. The van der Waals surface area contributed by atoms with E-state index in [0.29, 0.717) is 6.42 Å². The Labute approximate surface area is 177 Å². The van der Waals surface area contributed by atoms with Crippen molar-refractivity contribution in [2.24, 2.45) is 11.7 Å². The normalized spacial score (nSPS) is 12.6. The van der Waals surface area contributed by atoms with Crippen molar-refractivity contribution in [2.75, 3.05) is 13.1 Å². The number of ketones is 1. The second-order valence-electron chi connectivity index (χ2n) is 7.27. The van der Waals surface area contributed by atoms with Gasteiger partial charge in [0.25, 0.3) is 0 Å². The summed E-state index contributed by atoms with van der Waals surface area (Å²) in [6.07, 6.45) is 4.40. The van der Waals surface area contributed by atoms with Gasteiger partial charge in [-0.05, 0) is 25.7 Å². The van der Waals surface area contributed by atoms with Crippen molar-refractivity contribution in [2.45, 2.75) is 77.2 Å². The average Bonchev–Trinajstić information content (AvgIpc) is 2.69. The molecular formula is C20H35N3O7. The topological polar surface area (TPSA) is 176 Å². The fraction of sp³-hybridized carbons (Fsp3) is 0.750. The summed E-state index contributed by atoms with van der Waals surface area (Å²) in [7, 11) is 0. The van der Waals surface area contributed by atoms with Gasteiger partial charge in [-0.15, -0.1) is 0 Å². The lowest BCUT2D eigenvalue weighted by Gasteiger charge is -2.18. The lowest BCUT2D eigenvalue weighted by atomic mass is 9.93. The molecule has 0 spiro atoms. The molecule has 0 aliphatic rings. The van der Waals surface area contributed by atoms with Crippen LogP contribution in [-0.2, 0) is 24.0 Å². The number of unbranched alkanes of at least 4 members (excludes halogenated alkanes) is 3. The molecule has 0 aliphatic heterocycles. The number of hydrogen-bond donors (Lipinski definition) is 5. The molecule has 6 N–H and O–H groups in total. The second kappa shape index (κ2) is 16.3. The maximum atomic E-state index is 12.6. The van der Waals surface area contributed by atoms with Crippen LogP contribution in [0.1, 0.15) is 71.1 Å². The van der Waals surface area contributed by atoms with Crippen LogP contribution in [0, 0.1) is 5.92 Å². The van der Waals surface area contributed by atoms with Crippen LogP contribution in [0.5, 0.6) is 0 Å². The minimum absolute atomic E-state index is 0.0813. The van der Waals surface area contributed by atoms with Crippen LogP contribution in [0.25, 0.3) is 0 Å². The second-order valence-corrected chi connectivity index (χ2v) is 7.27. The minimum atomic E-state index is -1.27. The van der Waals surface area contributed by atoms with Crippen molar-refractivity contribution in [1.29, 1.82) is 0 Å². The molecule has 0 bridgehead atoms. The molecule has 0 saturated carbocycles. The third-order valence-corrected chi connectivity index (χ3v) is 4.70. The van der Waals surface area contributed by atoms with Crippen molar-refractivity contribution < 1.29 is 34.2 Å². The summed E-state index contributed by atoms with van der Waals surface area (Å²) in [4.78, 5) is 57.9. The molecule has 2 atom stereocenters. The Balaban J connectivity index is 4.72. The quantitative estimate of drug-likeness (QED) is 0.199. The first-order valence-electron chi connectivity index (χ1n) is 10.4. The first-order valence-corrected chi connectivity index (χ1v) is 10.4. The van der Waals surface area contributed by atoms with Gasteiger partial charge in [0.1, 0.15) is 11.8 Å². The molecule has 0 aromatic rings. The van der Waals surface area contributed by atoms with E-state index < -0.39 is 29.8 Å². The van der Waals surface area contributed by atoms with E-state index in [-0.39, 0.29) is 56.9 Å². The largest absolute Gasteiger partial charge is 0.481 e. The van der Waals surface area contributed by atoms with E-state index in [1.165, 1.54) is 0 Å². The number of rotatable bonds is 18. The molecule has 0 saturated heterocycles. The predicted molar refractivity (Wildman–Crippen MR) is 110 cm³/mol. The summed E-state index contributed by atoms with van der Waals surface area (Å²) in [6, 6.07) is -1.24. The molecule has 0 radical (unpaired) electrons. The van der Waals surface area contributed by atoms with Crippen LogP contribution in [0.3, 0.4) is 0 Å². The number of carbonyl (C=O) groups excluding carboxylic acids is 3. The molecule has 0 aliphatic carbocycles. The van der Waals surface area contributed by atoms with Crippen molar-refractivity contribution in [3.63, 3.8) is 0 Å². The van der Waals surface area contributed by atoms with Crippen LogP contribution in [0.4, 0.5) is 0 Å². The molecule has 30 heavy (non-hydrogen) atoms. The molecule has 0 heterocycles. The number of carboxylic acids is 2. The number of nitrogens with two attached hydrogens (primary N) is 1. The molecule has 0 fully saturated rings. The van der Waals surface area contributed by atoms with E-state index in [9.17, 15) is 29.1 Å². The van der Waals surface area contributed by atoms with E-state index in [4.69, 9.17) is 10.8 Å². The van der Waals surface area contributed by atoms with E-state index in [2.05, 4.69) is 17.6 Å². The number of carboxylic acid groups (broad SMARTS) is 2. The summed E-state index contributed by atoms with van der Waals surface area (Å²) in [5, 5.41) is 22.9. The predicted octanol–water partition coefficient (Wildman–Crippen LogP) is 0.822. The van der Waals surface area contributed by atoms with Crippen molar-refractivity contribution in [1.82, 2.24) is 10.6 Å². The van der Waals surface area contributed by atoms with E-state index in [1.807, 2.05) is 0 Å². The standard InChI is InChI=1S/C20H35N3O7/c1-2-3-4-5-8-17(25)22-13-14(7-6-9-19(27)28)16(24)11-10-15(20(29)30)23-18(26)12-21/h14-15H,2-13,21H2,1H3,(H,22,25)(H,23,26)(H,27,28)(H,29,30)/t14?,15-/m0/s1. The van der Waals surface area contributed by atoms with Gasteiger partial charge >= 0.3 is 11.9 Å². The van der Waals surface area contributed by atoms with Crippen molar-refractivity contribution >= 4 is 29.5 Å². The molecule has 10 heteroatoms. The smallest absolute Gasteiger partial charge is 0.326 e. The van der Waals surface area contributed by atoms with Crippen LogP contribution in [0.2, 0.25) is 0 Å². The number of carbonyl (C=O) groups is 5. The van der Waals surface area contributed by atoms with Gasteiger partial charge in [0.05, 0.1) is 6.54 Å². The summed E-state index contributed by atoms with van der Waals surface area (Å²) in [5.41, 5.74) is 5.16. The monoisotopic (exact) mass is 429 g/mol. The van der Waals surface area contributed by atoms with Gasteiger partial charge in [0, 0.05) is 31.7 Å². The molecule has 0 aromatic carbocycles. The highest BCUT2D eigenvalue weighted by Crippen LogP contribution is 2.14. The van der Waals surface area contributed by atoms with Gasteiger partial charge < -0.3 is 26.6 Å². The van der Waals surface area contributed by atoms with Gasteiger partial charge in [-0.3, -0.25) is 19.2 Å². The third kappa shape index (κ3) is 13.6. The fourth-order valence-electron chi connectivity index (χ4n) is 2.92. The SMILES string of the molecule is CCCCCCC(=O)NCC(CCCC(=O)O)C(=O)CC[C@H](NC(=O)CN)C(=O)O. The Morgan fingerprint density at radius 3 is 2.13 bits per heavy atom. The van der Waals surface area contributed by atoms with Gasteiger partial charge in [0.2, 0.25) is 11.8 Å². The average molecular weight is 430 g/mol. The van der Waals surface area contributed by atoms with Gasteiger partial charge in [-0.25, -0.2) is 4.79 Å². The van der Waals surface area contributed by atoms with Crippen LogP contribution in [-0.4, -0.2) is 58.9 Å². The number of hydrogen-bond acceptors (Lipinski definition) is 6. The molecular weight excluding hydrogens is 394 g/mol. The van der Waals surface area contributed by atoms with Crippen molar-refractivity contribution in [3.8, 4) is 0 Å². The first kappa shape index (κ1) is 27.5. The number of nitrogens with one attached hydrogen (secondary N) is 2. The molecule has 2 amide bonds. The maximum absolute atomic E-state index is 12.6. The summed E-state index contributed by atoms with van der Waals surface area (Å²) >= 11 is 0. The minimum Gasteiger partial charge on any atom is -0.481 e. The van der Waals surface area contributed by atoms with Gasteiger partial charge in [-0.2, -0.15) is 0 Å². The zero-order valence-corrected chi connectivity index (χ0v) is 17.7. The molecule has 0 aromatic heterocycles. The Kier molecular flexibility index (Phi) is 15.0. The Morgan fingerprint density at radius 2 is 1.57 bits per heavy atom. The number of Topliss-reactive ketones (excluding diaryl/α,β-unsaturated/α-hetero) is 1. The van der Waals surface area contributed by atoms with Crippen LogP contribution in [0.15, 0.2) is 0 Å². The highest BCUT2D eigenvalue weighted by Gasteiger charge is 2.24. The van der Waals surface area contributed by atoms with Crippen LogP contribution >= 0.6 is 0 Å². The lowest BCUT2D eigenvalue weighted by Crippen LogP contribution is -2.44. The van der Waals surface area contributed by atoms with Crippen LogP contribution < -0.4 is 16.4 Å². The Morgan fingerprint density at radius 1 is 0.867 bits per heavy atom. The van der Waals surface area contributed by atoms with E-state index >= 15 is 0 Å². The highest BCUT2D eigenvalue weighted by atomic mass is 16.4. The highest BCUT2D eigenvalue weighted by molar-refractivity contribution is 5.86. The fourth-order valence-corrected chi connectivity index (χ4v) is 2.92. The van der Waals surface area contributed by atoms with Gasteiger partial charge in [0.15, 0.2) is 0 Å². The molecule has 1 unspecified atom stereocenters. The van der Waals surface area contributed by atoms with Crippen molar-refractivity contribution in [3.05, 3.63) is 0 Å². The Bertz CT molecular complexity index is 581. The molecule has 0 rings (SSSR count). The number of amides is 2. The summed E-state index contributed by atoms with van der Waals surface area (Å²) in [5.74, 6) is -3.93.